The summed E-state index contributed by atoms with van der Waals surface area (Å²) in [6.45, 7) is 0.650. The normalized spacial score (nSPS) is 16.2. The Kier molecular flexibility index (Phi) is 1.46. The third-order valence-electron chi connectivity index (χ3n) is 2.07. The Bertz CT molecular complexity index is 293. The predicted octanol–water partition coefficient (Wildman–Crippen LogP) is 2.04. The van der Waals surface area contributed by atoms with Crippen LogP contribution in [0.5, 0.6) is 0 Å². The quantitative estimate of drug-likeness (QED) is 0.515. The lowest BCUT2D eigenvalue weighted by molar-refractivity contribution is -0.468. The van der Waals surface area contributed by atoms with Crippen LogP contribution in [0.25, 0.3) is 0 Å². The summed E-state index contributed by atoms with van der Waals surface area (Å²) in [5.74, 6) is 0. The first kappa shape index (κ1) is 6.53. The monoisotopic (exact) mass is 148 g/mol. The van der Waals surface area contributed by atoms with Crippen molar-refractivity contribution < 1.29 is 4.76 Å². The summed E-state index contributed by atoms with van der Waals surface area (Å²) in [7, 11) is 0. The van der Waals surface area contributed by atoms with E-state index in [2.05, 4.69) is 0 Å². The van der Waals surface area contributed by atoms with Crippen molar-refractivity contribution in [1.29, 1.82) is 0 Å². The summed E-state index contributed by atoms with van der Waals surface area (Å²) in [6.07, 6.45) is 2.04. The van der Waals surface area contributed by atoms with Gasteiger partial charge in [-0.15, -0.1) is 0 Å². The highest BCUT2D eigenvalue weighted by atomic mass is 16.3. The van der Waals surface area contributed by atoms with Gasteiger partial charge in [-0.2, -0.15) is 0 Å². The van der Waals surface area contributed by atoms with Crippen LogP contribution in [-0.2, 0) is 6.42 Å². The lowest BCUT2D eigenvalue weighted by atomic mass is 10.0. The van der Waals surface area contributed by atoms with Crippen molar-refractivity contribution in [2.75, 3.05) is 6.54 Å². The number of nitrogens with zero attached hydrogens (tertiary/aromatic N) is 1. The van der Waals surface area contributed by atoms with E-state index in [0.29, 0.717) is 6.54 Å². The van der Waals surface area contributed by atoms with Gasteiger partial charge < -0.3 is 0 Å². The molecule has 1 aliphatic rings. The van der Waals surface area contributed by atoms with Crippen molar-refractivity contribution in [3.05, 3.63) is 34.7 Å². The summed E-state index contributed by atoms with van der Waals surface area (Å²) in [5.41, 5.74) is 2.05. The molecule has 0 fully saturated rings. The van der Waals surface area contributed by atoms with E-state index in [9.17, 15) is 4.91 Å². The number of hydrogen-bond donors (Lipinski definition) is 0. The van der Waals surface area contributed by atoms with E-state index in [0.717, 1.165) is 23.3 Å². The molecule has 0 amide bonds. The van der Waals surface area contributed by atoms with Crippen molar-refractivity contribution in [2.24, 2.45) is 0 Å². The molecule has 11 heavy (non-hydrogen) atoms. The van der Waals surface area contributed by atoms with Gasteiger partial charge in [-0.05, 0) is 6.42 Å². The predicted molar refractivity (Wildman–Crippen MR) is 42.9 cm³/mol. The largest absolute Gasteiger partial charge is 0.259 e. The Morgan fingerprint density at radius 2 is 2.09 bits per heavy atom. The third kappa shape index (κ3) is 1.04. The Morgan fingerprint density at radius 3 is 2.91 bits per heavy atom. The molecule has 0 N–H and O–H groups in total. The van der Waals surface area contributed by atoms with E-state index < -0.39 is 0 Å². The van der Waals surface area contributed by atoms with Gasteiger partial charge in [0.15, 0.2) is 6.54 Å². The number of fused-ring (bicyclic) bond motifs is 1. The maximum atomic E-state index is 11.2. The molecule has 1 heterocycles. The van der Waals surface area contributed by atoms with Crippen molar-refractivity contribution >= 4 is 5.69 Å². The van der Waals surface area contributed by atoms with Crippen molar-refractivity contribution in [3.8, 4) is 0 Å². The SMILES string of the molecule is O=[N+]1CCCc2ccccc21. The van der Waals surface area contributed by atoms with E-state index in [1.165, 1.54) is 5.56 Å². The fraction of sp³-hybridized carbons (Fsp3) is 0.333. The molecule has 0 bridgehead atoms. The molecule has 0 unspecified atom stereocenters. The van der Waals surface area contributed by atoms with E-state index in [-0.39, 0.29) is 0 Å². The molecular formula is C9H10NO+. The number of nitroso groups, excluding NO2 is 1. The Labute approximate surface area is 65.4 Å². The average molecular weight is 148 g/mol. The van der Waals surface area contributed by atoms with Crippen LogP contribution in [0.1, 0.15) is 12.0 Å². The molecule has 0 spiro atoms. The minimum atomic E-state index is 0.650. The maximum Gasteiger partial charge on any atom is 0.259 e. The second-order valence-corrected chi connectivity index (χ2v) is 2.83. The summed E-state index contributed by atoms with van der Waals surface area (Å²) in [4.78, 5) is 11.2. The Morgan fingerprint density at radius 1 is 1.27 bits per heavy atom. The van der Waals surface area contributed by atoms with Crippen LogP contribution in [0.15, 0.2) is 24.3 Å². The van der Waals surface area contributed by atoms with Crippen molar-refractivity contribution in [1.82, 2.24) is 0 Å². The summed E-state index contributed by atoms with van der Waals surface area (Å²) in [5, 5.41) is 0. The first-order chi connectivity index (χ1) is 5.38. The summed E-state index contributed by atoms with van der Waals surface area (Å²) >= 11 is 0. The van der Waals surface area contributed by atoms with Gasteiger partial charge in [-0.1, -0.05) is 18.2 Å². The van der Waals surface area contributed by atoms with E-state index in [4.69, 9.17) is 0 Å². The molecule has 0 aliphatic carbocycles. The zero-order valence-corrected chi connectivity index (χ0v) is 6.29. The molecular weight excluding hydrogens is 138 g/mol. The highest BCUT2D eigenvalue weighted by Crippen LogP contribution is 2.23. The van der Waals surface area contributed by atoms with Gasteiger partial charge in [0, 0.05) is 27.7 Å². The lowest BCUT2D eigenvalue weighted by Crippen LogP contribution is -2.12. The van der Waals surface area contributed by atoms with Crippen LogP contribution in [0, 0.1) is 4.91 Å². The number of para-hydroxylation sites is 1. The van der Waals surface area contributed by atoms with Gasteiger partial charge >= 0.3 is 0 Å². The van der Waals surface area contributed by atoms with Crippen LogP contribution in [-0.4, -0.2) is 11.3 Å². The second kappa shape index (κ2) is 2.46. The topological polar surface area (TPSA) is 20.1 Å². The molecule has 1 aromatic carbocycles. The van der Waals surface area contributed by atoms with Gasteiger partial charge in [-0.25, -0.2) is 0 Å². The fourth-order valence-electron chi connectivity index (χ4n) is 1.50. The fourth-order valence-corrected chi connectivity index (χ4v) is 1.50. The van der Waals surface area contributed by atoms with Gasteiger partial charge in [0.1, 0.15) is 0 Å². The zero-order chi connectivity index (χ0) is 7.68. The number of aryl methyl sites for hydroxylation is 1. The Hall–Kier alpha value is -1.18. The standard InChI is InChI=1S/C9H10NO/c11-10-7-3-5-8-4-1-2-6-9(8)10/h1-2,4,6H,3,5,7H2/q+1. The van der Waals surface area contributed by atoms with Crippen molar-refractivity contribution in [3.63, 3.8) is 0 Å². The number of benzene rings is 1. The minimum absolute atomic E-state index is 0.650. The molecule has 0 saturated heterocycles. The van der Waals surface area contributed by atoms with Gasteiger partial charge in [0.05, 0.1) is 0 Å². The first-order valence-electron chi connectivity index (χ1n) is 3.90. The molecule has 0 atom stereocenters. The lowest BCUT2D eigenvalue weighted by Gasteiger charge is -2.05. The van der Waals surface area contributed by atoms with Gasteiger partial charge in [0.25, 0.3) is 5.69 Å². The van der Waals surface area contributed by atoms with Crippen LogP contribution in [0.2, 0.25) is 0 Å². The Balaban J connectivity index is 2.52. The maximum absolute atomic E-state index is 11.2. The van der Waals surface area contributed by atoms with E-state index >= 15 is 0 Å². The van der Waals surface area contributed by atoms with Crippen molar-refractivity contribution in [2.45, 2.75) is 12.8 Å². The van der Waals surface area contributed by atoms with E-state index in [1.54, 1.807) is 0 Å². The molecule has 0 saturated carbocycles. The van der Waals surface area contributed by atoms with E-state index in [1.807, 2.05) is 24.3 Å². The number of hydrogen-bond acceptors (Lipinski definition) is 1. The smallest absolute Gasteiger partial charge is 0.0615 e. The second-order valence-electron chi connectivity index (χ2n) is 2.83. The average Bonchev–Trinajstić information content (AvgIpc) is 2.06. The molecule has 56 valence electrons. The van der Waals surface area contributed by atoms with Crippen LogP contribution < -0.4 is 0 Å². The summed E-state index contributed by atoms with van der Waals surface area (Å²) in [6, 6.07) is 7.81. The molecule has 1 aromatic rings. The first-order valence-corrected chi connectivity index (χ1v) is 3.90. The third-order valence-corrected chi connectivity index (χ3v) is 2.07. The van der Waals surface area contributed by atoms with Crippen LogP contribution in [0.4, 0.5) is 5.69 Å². The highest BCUT2D eigenvalue weighted by Gasteiger charge is 2.22. The highest BCUT2D eigenvalue weighted by molar-refractivity contribution is 5.40. The molecule has 0 radical (unpaired) electrons. The summed E-state index contributed by atoms with van der Waals surface area (Å²) < 4.78 is 1.08. The molecule has 0 aromatic heterocycles. The molecule has 2 heteroatoms. The van der Waals surface area contributed by atoms with Gasteiger partial charge in [0.2, 0.25) is 0 Å². The van der Waals surface area contributed by atoms with Crippen LogP contribution in [0.3, 0.4) is 0 Å². The van der Waals surface area contributed by atoms with Crippen LogP contribution >= 0.6 is 0 Å². The molecule has 1 aliphatic heterocycles. The molecule has 2 rings (SSSR count). The molecule has 2 nitrogen and oxygen atoms in total. The zero-order valence-electron chi connectivity index (χ0n) is 6.29. The minimum Gasteiger partial charge on any atom is -0.0615 e. The number of rotatable bonds is 0. The van der Waals surface area contributed by atoms with Gasteiger partial charge in [-0.3, -0.25) is 0 Å².